The van der Waals surface area contributed by atoms with Crippen molar-refractivity contribution in [3.8, 4) is 0 Å². The van der Waals surface area contributed by atoms with Crippen molar-refractivity contribution < 1.29 is 5.11 Å². The number of aliphatic hydroxyl groups is 1. The van der Waals surface area contributed by atoms with E-state index in [1.54, 1.807) is 0 Å². The molecule has 0 amide bonds. The van der Waals surface area contributed by atoms with Gasteiger partial charge in [-0.05, 0) is 32.4 Å². The Labute approximate surface area is 102 Å². The molecule has 1 aromatic heterocycles. The quantitative estimate of drug-likeness (QED) is 0.854. The fourth-order valence-electron chi connectivity index (χ4n) is 2.42. The molecule has 3 nitrogen and oxygen atoms in total. The molecule has 1 heterocycles. The monoisotopic (exact) mass is 232 g/mol. The molecule has 1 aromatic carbocycles. The number of aryl methyl sites for hydroxylation is 1. The van der Waals surface area contributed by atoms with Crippen molar-refractivity contribution >= 4 is 10.9 Å². The molecule has 0 aliphatic rings. The van der Waals surface area contributed by atoms with Crippen LogP contribution in [0.5, 0.6) is 0 Å². The van der Waals surface area contributed by atoms with Gasteiger partial charge in [-0.25, -0.2) is 0 Å². The van der Waals surface area contributed by atoms with E-state index in [9.17, 15) is 5.11 Å². The molecule has 0 aliphatic heterocycles. The maximum atomic E-state index is 9.25. The summed E-state index contributed by atoms with van der Waals surface area (Å²) >= 11 is 0. The molecule has 0 spiro atoms. The maximum Gasteiger partial charge on any atom is 0.0685 e. The highest BCUT2D eigenvalue weighted by atomic mass is 16.3. The Hall–Kier alpha value is -1.32. The highest BCUT2D eigenvalue weighted by Gasteiger charge is 2.17. The zero-order valence-electron chi connectivity index (χ0n) is 10.6. The van der Waals surface area contributed by atoms with Crippen LogP contribution in [0.4, 0.5) is 0 Å². The fraction of sp³-hybridized carbons (Fsp3) is 0.429. The number of nitrogens with two attached hydrogens (primary N) is 1. The minimum Gasteiger partial charge on any atom is -0.394 e. The van der Waals surface area contributed by atoms with E-state index in [1.807, 2.05) is 0 Å². The summed E-state index contributed by atoms with van der Waals surface area (Å²) in [7, 11) is 0. The van der Waals surface area contributed by atoms with Gasteiger partial charge in [0.05, 0.1) is 18.2 Å². The van der Waals surface area contributed by atoms with Crippen LogP contribution in [0.25, 0.3) is 10.9 Å². The summed E-state index contributed by atoms with van der Waals surface area (Å²) in [4.78, 5) is 0. The summed E-state index contributed by atoms with van der Waals surface area (Å²) in [5.41, 5.74) is 9.45. The summed E-state index contributed by atoms with van der Waals surface area (Å²) in [6.45, 7) is 6.36. The molecule has 1 unspecified atom stereocenters. The van der Waals surface area contributed by atoms with E-state index >= 15 is 0 Å². The number of benzene rings is 1. The Bertz CT molecular complexity index is 528. The number of hydrogen-bond acceptors (Lipinski definition) is 2. The van der Waals surface area contributed by atoms with Crippen molar-refractivity contribution in [2.24, 2.45) is 5.73 Å². The van der Waals surface area contributed by atoms with Gasteiger partial charge < -0.3 is 15.4 Å². The molecular weight excluding hydrogens is 212 g/mol. The molecule has 0 saturated carbocycles. The van der Waals surface area contributed by atoms with Crippen LogP contribution in [-0.4, -0.2) is 16.3 Å². The zero-order chi connectivity index (χ0) is 12.6. The van der Waals surface area contributed by atoms with Crippen LogP contribution in [0, 0.1) is 6.92 Å². The number of para-hydroxylation sites is 1. The highest BCUT2D eigenvalue weighted by molar-refractivity contribution is 5.84. The molecule has 3 N–H and O–H groups in total. The SMILES string of the molecule is Cc1cccc2cc(C(N)CO)n(C(C)C)c12. The Morgan fingerprint density at radius 2 is 2.06 bits per heavy atom. The molecule has 3 heteroatoms. The van der Waals surface area contributed by atoms with Crippen molar-refractivity contribution in [3.63, 3.8) is 0 Å². The smallest absolute Gasteiger partial charge is 0.0685 e. The van der Waals surface area contributed by atoms with Crippen LogP contribution >= 0.6 is 0 Å². The van der Waals surface area contributed by atoms with Crippen LogP contribution in [0.1, 0.15) is 37.2 Å². The molecule has 92 valence electrons. The first kappa shape index (κ1) is 12.1. The lowest BCUT2D eigenvalue weighted by Gasteiger charge is -2.18. The molecule has 0 bridgehead atoms. The van der Waals surface area contributed by atoms with Gasteiger partial charge in [0.1, 0.15) is 0 Å². The van der Waals surface area contributed by atoms with E-state index in [-0.39, 0.29) is 12.6 Å². The predicted octanol–water partition coefficient (Wildman–Crippen LogP) is 2.52. The van der Waals surface area contributed by atoms with Gasteiger partial charge >= 0.3 is 0 Å². The third-order valence-corrected chi connectivity index (χ3v) is 3.18. The zero-order valence-corrected chi connectivity index (χ0v) is 10.6. The van der Waals surface area contributed by atoms with Crippen molar-refractivity contribution in [2.45, 2.75) is 32.9 Å². The summed E-state index contributed by atoms with van der Waals surface area (Å²) in [6, 6.07) is 8.36. The van der Waals surface area contributed by atoms with Crippen LogP contribution in [0.3, 0.4) is 0 Å². The Balaban J connectivity index is 2.76. The first-order valence-corrected chi connectivity index (χ1v) is 6.03. The molecule has 0 aliphatic carbocycles. The van der Waals surface area contributed by atoms with Gasteiger partial charge in [-0.15, -0.1) is 0 Å². The van der Waals surface area contributed by atoms with Gasteiger partial charge in [0.2, 0.25) is 0 Å². The topological polar surface area (TPSA) is 51.2 Å². The van der Waals surface area contributed by atoms with Gasteiger partial charge in [-0.1, -0.05) is 18.2 Å². The van der Waals surface area contributed by atoms with E-state index in [0.717, 1.165) is 5.69 Å². The van der Waals surface area contributed by atoms with Crippen LogP contribution in [0.15, 0.2) is 24.3 Å². The number of hydrogen-bond donors (Lipinski definition) is 2. The van der Waals surface area contributed by atoms with Crippen molar-refractivity contribution in [3.05, 3.63) is 35.5 Å². The van der Waals surface area contributed by atoms with E-state index in [0.29, 0.717) is 6.04 Å². The van der Waals surface area contributed by atoms with Crippen LogP contribution < -0.4 is 5.73 Å². The predicted molar refractivity (Wildman–Crippen MR) is 71.1 cm³/mol. The average molecular weight is 232 g/mol. The normalized spacial score (nSPS) is 13.5. The Kier molecular flexibility index (Phi) is 3.22. The number of fused-ring (bicyclic) bond motifs is 1. The van der Waals surface area contributed by atoms with Crippen molar-refractivity contribution in [2.75, 3.05) is 6.61 Å². The number of aromatic nitrogens is 1. The third kappa shape index (κ3) is 1.96. The molecular formula is C14H20N2O. The van der Waals surface area contributed by atoms with Crippen LogP contribution in [0.2, 0.25) is 0 Å². The van der Waals surface area contributed by atoms with E-state index in [4.69, 9.17) is 5.73 Å². The molecule has 2 rings (SSSR count). The summed E-state index contributed by atoms with van der Waals surface area (Å²) in [5.74, 6) is 0. The maximum absolute atomic E-state index is 9.25. The van der Waals surface area contributed by atoms with E-state index in [2.05, 4.69) is 49.6 Å². The standard InChI is InChI=1S/C14H20N2O/c1-9(2)16-13(12(15)8-17)7-11-6-4-5-10(3)14(11)16/h4-7,9,12,17H,8,15H2,1-3H3. The fourth-order valence-corrected chi connectivity index (χ4v) is 2.42. The first-order valence-electron chi connectivity index (χ1n) is 6.03. The summed E-state index contributed by atoms with van der Waals surface area (Å²) in [6.07, 6.45) is 0. The largest absolute Gasteiger partial charge is 0.394 e. The second kappa shape index (κ2) is 4.51. The second-order valence-corrected chi connectivity index (χ2v) is 4.83. The van der Waals surface area contributed by atoms with Gasteiger partial charge in [0.25, 0.3) is 0 Å². The van der Waals surface area contributed by atoms with Gasteiger partial charge in [0.15, 0.2) is 0 Å². The van der Waals surface area contributed by atoms with E-state index in [1.165, 1.54) is 16.5 Å². The average Bonchev–Trinajstić information content (AvgIpc) is 2.68. The number of rotatable bonds is 3. The van der Waals surface area contributed by atoms with Crippen LogP contribution in [-0.2, 0) is 0 Å². The molecule has 2 aromatic rings. The lowest BCUT2D eigenvalue weighted by Crippen LogP contribution is -2.19. The Morgan fingerprint density at radius 3 is 2.65 bits per heavy atom. The molecule has 17 heavy (non-hydrogen) atoms. The van der Waals surface area contributed by atoms with Crippen molar-refractivity contribution in [1.29, 1.82) is 0 Å². The minimum atomic E-state index is -0.316. The molecule has 0 fully saturated rings. The number of aliphatic hydroxyl groups excluding tert-OH is 1. The number of nitrogens with zero attached hydrogens (tertiary/aromatic N) is 1. The second-order valence-electron chi connectivity index (χ2n) is 4.83. The lowest BCUT2D eigenvalue weighted by molar-refractivity contribution is 0.262. The van der Waals surface area contributed by atoms with Gasteiger partial charge in [-0.2, -0.15) is 0 Å². The van der Waals surface area contributed by atoms with Gasteiger partial charge in [0, 0.05) is 17.1 Å². The molecule has 0 saturated heterocycles. The summed E-state index contributed by atoms with van der Waals surface area (Å²) < 4.78 is 2.23. The summed E-state index contributed by atoms with van der Waals surface area (Å²) in [5, 5.41) is 10.4. The molecule has 0 radical (unpaired) electrons. The molecule has 1 atom stereocenters. The third-order valence-electron chi connectivity index (χ3n) is 3.18. The van der Waals surface area contributed by atoms with E-state index < -0.39 is 0 Å². The first-order chi connectivity index (χ1) is 8.06. The minimum absolute atomic E-state index is 0.0257. The lowest BCUT2D eigenvalue weighted by atomic mass is 10.1. The van der Waals surface area contributed by atoms with Crippen molar-refractivity contribution in [1.82, 2.24) is 4.57 Å². The Morgan fingerprint density at radius 1 is 1.35 bits per heavy atom. The van der Waals surface area contributed by atoms with Gasteiger partial charge in [-0.3, -0.25) is 0 Å². The highest BCUT2D eigenvalue weighted by Crippen LogP contribution is 2.29.